The molecule has 0 spiro atoms. The third-order valence-corrected chi connectivity index (χ3v) is 3.24. The number of nitrogens with one attached hydrogen (secondary N) is 2. The highest BCUT2D eigenvalue weighted by atomic mass is 35.5. The first kappa shape index (κ1) is 15.5. The number of benzene rings is 2. The lowest BCUT2D eigenvalue weighted by Crippen LogP contribution is -2.17. The molecule has 0 unspecified atom stereocenters. The molecule has 1 amide bonds. The van der Waals surface area contributed by atoms with Crippen molar-refractivity contribution in [3.05, 3.63) is 64.4 Å². The predicted octanol–water partition coefficient (Wildman–Crippen LogP) is 3.49. The van der Waals surface area contributed by atoms with Crippen molar-refractivity contribution in [1.29, 1.82) is 0 Å². The Morgan fingerprint density at radius 1 is 1.24 bits per heavy atom. The van der Waals surface area contributed by atoms with E-state index in [0.717, 1.165) is 18.5 Å². The number of likely N-dealkylation sites (N-methyl/N-ethyl adjacent to an activating group) is 1. The van der Waals surface area contributed by atoms with Crippen LogP contribution in [0.4, 0.5) is 10.1 Å². The summed E-state index contributed by atoms with van der Waals surface area (Å²) in [5, 5.41) is 5.97. The number of carbonyl (C=O) groups excluding carboxylic acids is 1. The third kappa shape index (κ3) is 4.28. The fourth-order valence-electron chi connectivity index (χ4n) is 2.04. The van der Waals surface area contributed by atoms with Gasteiger partial charge in [-0.25, -0.2) is 4.39 Å². The molecule has 5 heteroatoms. The van der Waals surface area contributed by atoms with Gasteiger partial charge in [0, 0.05) is 16.3 Å². The fourth-order valence-corrected chi connectivity index (χ4v) is 2.27. The summed E-state index contributed by atoms with van der Waals surface area (Å²) in [6.07, 6.45) is 0.740. The van der Waals surface area contributed by atoms with E-state index in [4.69, 9.17) is 11.6 Å². The molecular formula is C16H16ClFN2O. The minimum Gasteiger partial charge on any atom is -0.322 e. The summed E-state index contributed by atoms with van der Waals surface area (Å²) in [7, 11) is 1.86. The molecule has 2 aromatic carbocycles. The topological polar surface area (TPSA) is 41.1 Å². The van der Waals surface area contributed by atoms with E-state index in [0.29, 0.717) is 11.3 Å². The monoisotopic (exact) mass is 306 g/mol. The second-order valence-electron chi connectivity index (χ2n) is 4.62. The Balaban J connectivity index is 2.20. The molecule has 0 aromatic heterocycles. The molecule has 0 fully saturated rings. The summed E-state index contributed by atoms with van der Waals surface area (Å²) < 4.78 is 13.3. The van der Waals surface area contributed by atoms with Gasteiger partial charge in [0.05, 0.1) is 0 Å². The van der Waals surface area contributed by atoms with Gasteiger partial charge in [-0.15, -0.1) is 0 Å². The summed E-state index contributed by atoms with van der Waals surface area (Å²) in [5.74, 6) is -0.760. The Labute approximate surface area is 128 Å². The molecule has 2 aromatic rings. The van der Waals surface area contributed by atoms with Crippen molar-refractivity contribution in [2.45, 2.75) is 6.42 Å². The number of hydrogen-bond acceptors (Lipinski definition) is 2. The minimum atomic E-state index is -0.485. The van der Waals surface area contributed by atoms with Gasteiger partial charge in [0.15, 0.2) is 0 Å². The highest BCUT2D eigenvalue weighted by Gasteiger charge is 2.11. The summed E-state index contributed by atoms with van der Waals surface area (Å²) in [6.45, 7) is 0.774. The van der Waals surface area contributed by atoms with Crippen LogP contribution in [0.3, 0.4) is 0 Å². The van der Waals surface area contributed by atoms with Crippen LogP contribution >= 0.6 is 11.6 Å². The van der Waals surface area contributed by atoms with Crippen molar-refractivity contribution in [2.24, 2.45) is 0 Å². The van der Waals surface area contributed by atoms with Crippen molar-refractivity contribution in [3.63, 3.8) is 0 Å². The summed E-state index contributed by atoms with van der Waals surface area (Å²) in [5.41, 5.74) is 1.86. The third-order valence-electron chi connectivity index (χ3n) is 3.03. The lowest BCUT2D eigenvalue weighted by Gasteiger charge is -2.10. The number of carbonyl (C=O) groups is 1. The summed E-state index contributed by atoms with van der Waals surface area (Å²) in [4.78, 5) is 12.3. The molecule has 21 heavy (non-hydrogen) atoms. The van der Waals surface area contributed by atoms with Crippen LogP contribution in [0.2, 0.25) is 5.02 Å². The standard InChI is InChI=1S/C16H16ClFN2O/c1-19-7-6-11-4-2-3-5-15(11)16(21)20-14-9-12(17)8-13(18)10-14/h2-5,8-10,19H,6-7H2,1H3,(H,20,21). The van der Waals surface area contributed by atoms with Gasteiger partial charge in [-0.1, -0.05) is 29.8 Å². The molecule has 3 nitrogen and oxygen atoms in total. The Kier molecular flexibility index (Phi) is 5.31. The smallest absolute Gasteiger partial charge is 0.255 e. The van der Waals surface area contributed by atoms with E-state index in [1.54, 1.807) is 12.1 Å². The van der Waals surface area contributed by atoms with Gasteiger partial charge in [0.1, 0.15) is 5.82 Å². The van der Waals surface area contributed by atoms with Crippen LogP contribution in [0.15, 0.2) is 42.5 Å². The zero-order chi connectivity index (χ0) is 15.2. The van der Waals surface area contributed by atoms with Crippen LogP contribution in [0.1, 0.15) is 15.9 Å². The van der Waals surface area contributed by atoms with E-state index in [9.17, 15) is 9.18 Å². The van der Waals surface area contributed by atoms with Crippen molar-refractivity contribution in [3.8, 4) is 0 Å². The zero-order valence-electron chi connectivity index (χ0n) is 11.6. The van der Waals surface area contributed by atoms with Gasteiger partial charge >= 0.3 is 0 Å². The quantitative estimate of drug-likeness (QED) is 0.888. The van der Waals surface area contributed by atoms with Crippen LogP contribution in [0.25, 0.3) is 0 Å². The van der Waals surface area contributed by atoms with Gasteiger partial charge in [0.25, 0.3) is 5.91 Å². The SMILES string of the molecule is CNCCc1ccccc1C(=O)Nc1cc(F)cc(Cl)c1. The van der Waals surface area contributed by atoms with Crippen LogP contribution < -0.4 is 10.6 Å². The molecule has 0 aliphatic carbocycles. The molecule has 2 rings (SSSR count). The fraction of sp³-hybridized carbons (Fsp3) is 0.188. The second kappa shape index (κ2) is 7.20. The molecule has 110 valence electrons. The van der Waals surface area contributed by atoms with E-state index in [1.807, 2.05) is 19.2 Å². The Morgan fingerprint density at radius 2 is 2.00 bits per heavy atom. The number of amides is 1. The molecule has 0 saturated carbocycles. The van der Waals surface area contributed by atoms with E-state index >= 15 is 0 Å². The highest BCUT2D eigenvalue weighted by Crippen LogP contribution is 2.19. The summed E-state index contributed by atoms with van der Waals surface area (Å²) >= 11 is 5.78. The van der Waals surface area contributed by atoms with Gasteiger partial charge in [0.2, 0.25) is 0 Å². The molecular weight excluding hydrogens is 291 g/mol. The maximum Gasteiger partial charge on any atom is 0.255 e. The van der Waals surface area contributed by atoms with Crippen molar-refractivity contribution in [1.82, 2.24) is 5.32 Å². The van der Waals surface area contributed by atoms with Crippen LogP contribution in [-0.2, 0) is 6.42 Å². The number of hydrogen-bond donors (Lipinski definition) is 2. The second-order valence-corrected chi connectivity index (χ2v) is 5.06. The van der Waals surface area contributed by atoms with Crippen LogP contribution in [0.5, 0.6) is 0 Å². The van der Waals surface area contributed by atoms with Crippen molar-refractivity contribution in [2.75, 3.05) is 18.9 Å². The van der Waals surface area contributed by atoms with Gasteiger partial charge in [-0.05, 0) is 49.8 Å². The lowest BCUT2D eigenvalue weighted by molar-refractivity contribution is 0.102. The molecule has 0 bridgehead atoms. The van der Waals surface area contributed by atoms with Crippen molar-refractivity contribution < 1.29 is 9.18 Å². The molecule has 0 atom stereocenters. The first-order valence-corrected chi connectivity index (χ1v) is 6.98. The highest BCUT2D eigenvalue weighted by molar-refractivity contribution is 6.31. The Bertz CT molecular complexity index is 626. The number of anilines is 1. The molecule has 0 radical (unpaired) electrons. The minimum absolute atomic E-state index is 0.244. The van der Waals surface area contributed by atoms with Gasteiger partial charge in [-0.3, -0.25) is 4.79 Å². The van der Waals surface area contributed by atoms with E-state index in [-0.39, 0.29) is 10.9 Å². The van der Waals surface area contributed by atoms with E-state index < -0.39 is 5.82 Å². The van der Waals surface area contributed by atoms with Crippen molar-refractivity contribution >= 4 is 23.2 Å². The first-order valence-electron chi connectivity index (χ1n) is 6.60. The Morgan fingerprint density at radius 3 is 2.71 bits per heavy atom. The van der Waals surface area contributed by atoms with Crippen LogP contribution in [0, 0.1) is 5.82 Å². The normalized spacial score (nSPS) is 10.4. The molecule has 0 heterocycles. The Hall–Kier alpha value is -1.91. The van der Waals surface area contributed by atoms with Crippen LogP contribution in [-0.4, -0.2) is 19.5 Å². The number of halogens is 2. The largest absolute Gasteiger partial charge is 0.322 e. The predicted molar refractivity (Wildman–Crippen MR) is 83.4 cm³/mol. The maximum atomic E-state index is 13.3. The maximum absolute atomic E-state index is 13.3. The number of rotatable bonds is 5. The molecule has 0 aliphatic rings. The van der Waals surface area contributed by atoms with Gasteiger partial charge < -0.3 is 10.6 Å². The first-order chi connectivity index (χ1) is 10.1. The van der Waals surface area contributed by atoms with Gasteiger partial charge in [-0.2, -0.15) is 0 Å². The molecule has 0 saturated heterocycles. The average Bonchev–Trinajstić information content (AvgIpc) is 2.44. The zero-order valence-corrected chi connectivity index (χ0v) is 12.4. The molecule has 2 N–H and O–H groups in total. The van der Waals surface area contributed by atoms with E-state index in [1.165, 1.54) is 18.2 Å². The average molecular weight is 307 g/mol. The molecule has 0 aliphatic heterocycles. The van der Waals surface area contributed by atoms with E-state index in [2.05, 4.69) is 10.6 Å². The summed E-state index contributed by atoms with van der Waals surface area (Å²) in [6, 6.07) is 11.3. The lowest BCUT2D eigenvalue weighted by atomic mass is 10.0.